The second-order valence-corrected chi connectivity index (χ2v) is 3.24. The fraction of sp³-hybridized carbons (Fsp3) is 0.875. The highest BCUT2D eigenvalue weighted by atomic mass is 27.0. The van der Waals surface area contributed by atoms with E-state index in [0.717, 1.165) is 0 Å². The van der Waals surface area contributed by atoms with E-state index < -0.39 is 0 Å². The summed E-state index contributed by atoms with van der Waals surface area (Å²) in [6.45, 7) is 12.9. The van der Waals surface area contributed by atoms with Crippen molar-refractivity contribution >= 4 is 17.4 Å². The average molecular weight is 143 g/mol. The lowest BCUT2D eigenvalue weighted by Crippen LogP contribution is -2.17. The van der Waals surface area contributed by atoms with Crippen LogP contribution < -0.4 is 0 Å². The van der Waals surface area contributed by atoms with Gasteiger partial charge in [-0.3, -0.25) is 0 Å². The molecule has 0 spiro atoms. The maximum Gasteiger partial charge on any atom is 0.187 e. The third-order valence-electron chi connectivity index (χ3n) is 2.25. The summed E-state index contributed by atoms with van der Waals surface area (Å²) in [5.41, 5.74) is 0.431. The summed E-state index contributed by atoms with van der Waals surface area (Å²) >= 11 is 0. The molecule has 0 saturated carbocycles. The van der Waals surface area contributed by atoms with Crippen LogP contribution in [0.4, 0.5) is 0 Å². The highest BCUT2D eigenvalue weighted by Crippen LogP contribution is 2.28. The molecule has 0 fully saturated rings. The highest BCUT2D eigenvalue weighted by molar-refractivity contribution is 5.75. The summed E-state index contributed by atoms with van der Waals surface area (Å²) in [5, 5.41) is 0. The summed E-state index contributed by atoms with van der Waals surface area (Å²) in [6, 6.07) is 0. The van der Waals surface area contributed by atoms with E-state index in [2.05, 4.69) is 34.6 Å². The van der Waals surface area contributed by atoms with Crippen LogP contribution in [0.3, 0.4) is 0 Å². The molecule has 1 unspecified atom stereocenters. The third-order valence-corrected chi connectivity index (χ3v) is 2.25. The average Bonchev–Trinajstić information content (AvgIpc) is 1.67. The molecule has 0 aliphatic carbocycles. The van der Waals surface area contributed by atoms with Crippen molar-refractivity contribution in [1.82, 2.24) is 0 Å². The van der Waals surface area contributed by atoms with Gasteiger partial charge < -0.3 is 0 Å². The summed E-state index contributed by atoms with van der Waals surface area (Å²) in [4.78, 5) is 0. The smallest absolute Gasteiger partial charge is 0.0649 e. The Kier molecular flexibility index (Phi) is 5.93. The number of rotatable bonds is 2. The molecule has 0 bridgehead atoms. The minimum atomic E-state index is 0. The van der Waals surface area contributed by atoms with Crippen LogP contribution >= 0.6 is 0 Å². The summed E-state index contributed by atoms with van der Waals surface area (Å²) in [5.74, 6) is 0.562. The normalized spacial score (nSPS) is 11.3. The molecule has 0 aromatic rings. The molecule has 1 heteroatoms. The predicted molar refractivity (Wildman–Crippen MR) is 48.5 cm³/mol. The van der Waals surface area contributed by atoms with Gasteiger partial charge in [-0.1, -0.05) is 34.1 Å². The zero-order valence-corrected chi connectivity index (χ0v) is 6.49. The van der Waals surface area contributed by atoms with Crippen LogP contribution in [0.25, 0.3) is 0 Å². The maximum absolute atomic E-state index is 3.98. The Morgan fingerprint density at radius 1 is 1.44 bits per heavy atom. The quantitative estimate of drug-likeness (QED) is 0.516. The Morgan fingerprint density at radius 3 is 1.78 bits per heavy atom. The van der Waals surface area contributed by atoms with E-state index in [0.29, 0.717) is 11.3 Å². The van der Waals surface area contributed by atoms with E-state index in [1.54, 1.807) is 0 Å². The lowest BCUT2D eigenvalue weighted by atomic mass is 9.79. The van der Waals surface area contributed by atoms with Crippen LogP contribution in [-0.2, 0) is 0 Å². The van der Waals surface area contributed by atoms with Crippen molar-refractivity contribution in [3.8, 4) is 0 Å². The Balaban J connectivity index is 0. The molecule has 0 aromatic heterocycles. The molecule has 0 N–H and O–H groups in total. The van der Waals surface area contributed by atoms with Crippen LogP contribution in [-0.4, -0.2) is 17.4 Å². The Bertz CT molecular complexity index is 65.0. The molecule has 0 aromatic carbocycles. The first-order valence-corrected chi connectivity index (χ1v) is 3.33. The predicted octanol–water partition coefficient (Wildman–Crippen LogP) is 1.71. The van der Waals surface area contributed by atoms with Crippen molar-refractivity contribution in [3.63, 3.8) is 0 Å². The fourth-order valence-corrected chi connectivity index (χ4v) is 0.348. The van der Waals surface area contributed by atoms with E-state index in [-0.39, 0.29) is 17.4 Å². The molecule has 55 valence electrons. The Morgan fingerprint density at radius 2 is 1.78 bits per heavy atom. The maximum atomic E-state index is 3.98. The van der Waals surface area contributed by atoms with Gasteiger partial charge in [0, 0.05) is 0 Å². The van der Waals surface area contributed by atoms with Crippen LogP contribution in [0, 0.1) is 18.3 Å². The van der Waals surface area contributed by atoms with E-state index in [4.69, 9.17) is 0 Å². The van der Waals surface area contributed by atoms with E-state index >= 15 is 0 Å². The number of hydrogen-bond acceptors (Lipinski definition) is 0. The first kappa shape index (κ1) is 12.2. The van der Waals surface area contributed by atoms with Crippen LogP contribution in [0.2, 0.25) is 0 Å². The lowest BCUT2D eigenvalue weighted by Gasteiger charge is -2.26. The van der Waals surface area contributed by atoms with Gasteiger partial charge in [0.1, 0.15) is 0 Å². The van der Waals surface area contributed by atoms with Gasteiger partial charge in [-0.2, -0.15) is 0 Å². The molecule has 0 rings (SSSR count). The molecule has 1 radical (unpaired) electrons. The monoisotopic (exact) mass is 143 g/mol. The van der Waals surface area contributed by atoms with Crippen molar-refractivity contribution in [2.75, 3.05) is 0 Å². The molecule has 0 saturated heterocycles. The minimum Gasteiger partial charge on any atom is -0.0649 e. The molecule has 0 heterocycles. The third kappa shape index (κ3) is 4.01. The zero-order chi connectivity index (χ0) is 6.78. The van der Waals surface area contributed by atoms with E-state index in [1.807, 2.05) is 0 Å². The Labute approximate surface area is 70.2 Å². The summed E-state index contributed by atoms with van der Waals surface area (Å²) in [7, 11) is 0. The van der Waals surface area contributed by atoms with E-state index in [1.165, 1.54) is 6.42 Å². The first-order valence-electron chi connectivity index (χ1n) is 3.33. The van der Waals surface area contributed by atoms with Crippen molar-refractivity contribution < 1.29 is 0 Å². The van der Waals surface area contributed by atoms with Crippen LogP contribution in [0.15, 0.2) is 0 Å². The van der Waals surface area contributed by atoms with Gasteiger partial charge in [0.25, 0.3) is 0 Å². The van der Waals surface area contributed by atoms with Crippen molar-refractivity contribution in [2.45, 2.75) is 34.1 Å². The number of hydrogen-bond donors (Lipinski definition) is 0. The second kappa shape index (κ2) is 4.36. The van der Waals surface area contributed by atoms with Crippen molar-refractivity contribution in [2.24, 2.45) is 11.3 Å². The van der Waals surface area contributed by atoms with Crippen molar-refractivity contribution in [1.29, 1.82) is 0 Å². The SMILES string of the molecule is [AlH3].[CH2]C(C)C(C)(C)CC. The lowest BCUT2D eigenvalue weighted by molar-refractivity contribution is 0.264. The molecular weight excluding hydrogens is 123 g/mol. The highest BCUT2D eigenvalue weighted by Gasteiger charge is 2.18. The molecule has 9 heavy (non-hydrogen) atoms. The van der Waals surface area contributed by atoms with Gasteiger partial charge >= 0.3 is 0 Å². The standard InChI is InChI=1S/C8H17.Al.3H/c1-6-8(4,5)7(2)3;;;;/h7H,2,6H2,1,3-5H3;;;;. The van der Waals surface area contributed by atoms with Gasteiger partial charge in [0.15, 0.2) is 17.4 Å². The topological polar surface area (TPSA) is 0 Å². The van der Waals surface area contributed by atoms with Gasteiger partial charge in [0.05, 0.1) is 0 Å². The fourth-order valence-electron chi connectivity index (χ4n) is 0.348. The molecule has 0 aliphatic heterocycles. The van der Waals surface area contributed by atoms with Gasteiger partial charge in [-0.05, 0) is 18.3 Å². The molecule has 0 aliphatic rings. The first-order chi connectivity index (χ1) is 3.50. The van der Waals surface area contributed by atoms with Gasteiger partial charge in [0.2, 0.25) is 0 Å². The molecule has 0 nitrogen and oxygen atoms in total. The molecular formula is C8H20Al. The van der Waals surface area contributed by atoms with Crippen LogP contribution in [0.1, 0.15) is 34.1 Å². The molecule has 0 amide bonds. The van der Waals surface area contributed by atoms with Gasteiger partial charge in [-0.25, -0.2) is 0 Å². The van der Waals surface area contributed by atoms with Crippen LogP contribution in [0.5, 0.6) is 0 Å². The van der Waals surface area contributed by atoms with Gasteiger partial charge in [-0.15, -0.1) is 0 Å². The minimum absolute atomic E-state index is 0. The summed E-state index contributed by atoms with van der Waals surface area (Å²) < 4.78 is 0. The zero-order valence-electron chi connectivity index (χ0n) is 6.49. The van der Waals surface area contributed by atoms with E-state index in [9.17, 15) is 0 Å². The molecule has 1 atom stereocenters. The summed E-state index contributed by atoms with van der Waals surface area (Å²) in [6.07, 6.45) is 1.22. The van der Waals surface area contributed by atoms with Crippen molar-refractivity contribution in [3.05, 3.63) is 6.92 Å². The second-order valence-electron chi connectivity index (χ2n) is 3.24. The largest absolute Gasteiger partial charge is 0.187 e. The Hall–Kier alpha value is 0.532.